The summed E-state index contributed by atoms with van der Waals surface area (Å²) in [4.78, 5) is -0.183. The molecule has 0 aromatic heterocycles. The Bertz CT molecular complexity index is 1100. The highest BCUT2D eigenvalue weighted by atomic mass is 32.2. The van der Waals surface area contributed by atoms with Crippen LogP contribution in [0.15, 0.2) is 41.3 Å². The summed E-state index contributed by atoms with van der Waals surface area (Å²) in [6.45, 7) is 0. The lowest BCUT2D eigenvalue weighted by Crippen LogP contribution is -2.20. The van der Waals surface area contributed by atoms with E-state index >= 15 is 0 Å². The molecule has 2 N–H and O–H groups in total. The molecule has 202 valence electrons. The zero-order valence-corrected chi connectivity index (χ0v) is 22.7. The highest BCUT2D eigenvalue weighted by Crippen LogP contribution is 2.46. The summed E-state index contributed by atoms with van der Waals surface area (Å²) < 4.78 is 38.3. The number of rotatable bonds is 7. The third kappa shape index (κ3) is 6.40. The first-order valence-electron chi connectivity index (χ1n) is 14.5. The summed E-state index contributed by atoms with van der Waals surface area (Å²) in [6, 6.07) is 10.5. The summed E-state index contributed by atoms with van der Waals surface area (Å²) >= 11 is 0. The lowest BCUT2D eigenvalue weighted by Gasteiger charge is -2.34. The van der Waals surface area contributed by atoms with Gasteiger partial charge in [-0.1, -0.05) is 69.9 Å². The van der Waals surface area contributed by atoms with Crippen molar-refractivity contribution in [2.75, 3.05) is 0 Å². The fourth-order valence-electron chi connectivity index (χ4n) is 7.06. The molecule has 0 aliphatic heterocycles. The van der Waals surface area contributed by atoms with Gasteiger partial charge >= 0.3 is 0 Å². The Morgan fingerprint density at radius 3 is 1.54 bits per heavy atom. The second kappa shape index (κ2) is 11.9. The third-order valence-corrected chi connectivity index (χ3v) is 9.92. The molecule has 1 atom stereocenters. The van der Waals surface area contributed by atoms with Gasteiger partial charge in [0, 0.05) is 5.56 Å². The second-order valence-electron chi connectivity index (χ2n) is 11.5. The van der Waals surface area contributed by atoms with Crippen molar-refractivity contribution < 1.29 is 22.8 Å². The lowest BCUT2D eigenvalue weighted by molar-refractivity contribution is -0.0215. The van der Waals surface area contributed by atoms with E-state index in [1.165, 1.54) is 112 Å². The first-order chi connectivity index (χ1) is 17.9. The monoisotopic (exact) mass is 526 g/mol. The Balaban J connectivity index is 1.55. The van der Waals surface area contributed by atoms with Crippen LogP contribution in [0.1, 0.15) is 143 Å². The average Bonchev–Trinajstić information content (AvgIpc) is 2.93. The Kier molecular flexibility index (Phi) is 8.57. The van der Waals surface area contributed by atoms with E-state index in [1.54, 1.807) is 0 Å². The van der Waals surface area contributed by atoms with Crippen LogP contribution in [0.4, 0.5) is 0 Å². The number of benzene rings is 2. The molecular formula is C31H42O5S. The van der Waals surface area contributed by atoms with Crippen LogP contribution < -0.4 is 4.74 Å². The van der Waals surface area contributed by atoms with Crippen LogP contribution in [0.2, 0.25) is 0 Å². The van der Waals surface area contributed by atoms with Crippen molar-refractivity contribution in [2.24, 2.45) is 0 Å². The number of hydrogen-bond donors (Lipinski definition) is 2. The largest absolute Gasteiger partial charge is 0.461 e. The molecular weight excluding hydrogens is 484 g/mol. The van der Waals surface area contributed by atoms with Gasteiger partial charge in [0.15, 0.2) is 0 Å². The Labute approximate surface area is 222 Å². The van der Waals surface area contributed by atoms with Crippen molar-refractivity contribution in [1.82, 2.24) is 0 Å². The predicted molar refractivity (Wildman–Crippen MR) is 146 cm³/mol. The third-order valence-electron chi connectivity index (χ3n) is 9.05. The van der Waals surface area contributed by atoms with Gasteiger partial charge < -0.3 is 9.84 Å². The normalized spacial score (nSPS) is 21.6. The summed E-state index contributed by atoms with van der Waals surface area (Å²) in [5.74, 6) is 1.88. The minimum Gasteiger partial charge on any atom is -0.461 e. The van der Waals surface area contributed by atoms with Gasteiger partial charge in [0.05, 0.1) is 4.90 Å². The lowest BCUT2D eigenvalue weighted by atomic mass is 9.73. The smallest absolute Gasteiger partial charge is 0.294 e. The fraction of sp³-hybridized carbons (Fsp3) is 0.613. The maximum atomic E-state index is 11.6. The fourth-order valence-corrected chi connectivity index (χ4v) is 7.54. The molecule has 3 fully saturated rings. The van der Waals surface area contributed by atoms with E-state index < -0.39 is 16.4 Å². The molecule has 0 saturated heterocycles. The van der Waals surface area contributed by atoms with Gasteiger partial charge in [0.25, 0.3) is 10.1 Å². The molecule has 0 heterocycles. The van der Waals surface area contributed by atoms with E-state index in [4.69, 9.17) is 4.74 Å². The van der Waals surface area contributed by atoms with Crippen LogP contribution in [-0.2, 0) is 10.1 Å². The first kappa shape index (κ1) is 26.7. The number of aliphatic hydroxyl groups excluding tert-OH is 1. The molecule has 2 aromatic rings. The molecule has 0 amide bonds. The van der Waals surface area contributed by atoms with Crippen molar-refractivity contribution >= 4 is 10.1 Å². The zero-order valence-electron chi connectivity index (χ0n) is 21.9. The van der Waals surface area contributed by atoms with E-state index in [2.05, 4.69) is 12.1 Å². The van der Waals surface area contributed by atoms with Gasteiger partial charge in [-0.3, -0.25) is 4.55 Å². The quantitative estimate of drug-likeness (QED) is 0.281. The van der Waals surface area contributed by atoms with E-state index in [1.807, 2.05) is 0 Å². The summed E-state index contributed by atoms with van der Waals surface area (Å²) in [5.41, 5.74) is 4.99. The van der Waals surface area contributed by atoms with Gasteiger partial charge in [-0.25, -0.2) is 0 Å². The maximum absolute atomic E-state index is 11.6. The van der Waals surface area contributed by atoms with Crippen LogP contribution in [0.3, 0.4) is 0 Å². The van der Waals surface area contributed by atoms with Crippen molar-refractivity contribution in [1.29, 1.82) is 0 Å². The highest BCUT2D eigenvalue weighted by molar-refractivity contribution is 7.85. The van der Waals surface area contributed by atoms with Crippen LogP contribution in [0.25, 0.3) is 0 Å². The molecule has 5 nitrogen and oxygen atoms in total. The van der Waals surface area contributed by atoms with Crippen LogP contribution >= 0.6 is 0 Å². The van der Waals surface area contributed by atoms with Crippen molar-refractivity contribution in [3.63, 3.8) is 0 Å². The Hall–Kier alpha value is -1.89. The first-order valence-corrected chi connectivity index (χ1v) is 15.9. The molecule has 1 unspecified atom stereocenters. The summed E-state index contributed by atoms with van der Waals surface area (Å²) in [7, 11) is -4.28. The van der Waals surface area contributed by atoms with Gasteiger partial charge in [0.2, 0.25) is 6.29 Å². The van der Waals surface area contributed by atoms with E-state index in [-0.39, 0.29) is 4.90 Å². The number of aliphatic hydroxyl groups is 1. The van der Waals surface area contributed by atoms with Crippen LogP contribution in [0, 0.1) is 0 Å². The molecule has 5 rings (SSSR count). The highest BCUT2D eigenvalue weighted by Gasteiger charge is 2.31. The summed E-state index contributed by atoms with van der Waals surface area (Å²) in [5, 5.41) is 11.6. The molecule has 3 aliphatic rings. The SMILES string of the molecule is O=S(=O)(O)c1ccc(OC(O)c2c(C3CCCCC3)cc(C3CCCCC3)cc2C2CCCCC2)cc1. The van der Waals surface area contributed by atoms with Gasteiger partial charge in [-0.05, 0) is 97.2 Å². The van der Waals surface area contributed by atoms with Gasteiger partial charge in [-0.2, -0.15) is 8.42 Å². The van der Waals surface area contributed by atoms with Crippen LogP contribution in [0.5, 0.6) is 5.75 Å². The van der Waals surface area contributed by atoms with Gasteiger partial charge in [-0.15, -0.1) is 0 Å². The number of ether oxygens (including phenoxy) is 1. The van der Waals surface area contributed by atoms with Crippen molar-refractivity contribution in [3.8, 4) is 5.75 Å². The molecule has 2 aromatic carbocycles. The Morgan fingerprint density at radius 2 is 1.11 bits per heavy atom. The van der Waals surface area contributed by atoms with Gasteiger partial charge in [0.1, 0.15) is 5.75 Å². The van der Waals surface area contributed by atoms with Crippen molar-refractivity contribution in [2.45, 2.75) is 125 Å². The topological polar surface area (TPSA) is 83.8 Å². The number of hydrogen-bond acceptors (Lipinski definition) is 4. The zero-order chi connectivity index (χ0) is 25.8. The Morgan fingerprint density at radius 1 is 0.676 bits per heavy atom. The van der Waals surface area contributed by atoms with E-state index in [9.17, 15) is 18.1 Å². The minimum absolute atomic E-state index is 0.183. The molecule has 3 saturated carbocycles. The van der Waals surface area contributed by atoms with E-state index in [0.29, 0.717) is 23.5 Å². The van der Waals surface area contributed by atoms with E-state index in [0.717, 1.165) is 31.2 Å². The molecule has 0 radical (unpaired) electrons. The van der Waals surface area contributed by atoms with Crippen LogP contribution in [-0.4, -0.2) is 18.1 Å². The molecule has 0 bridgehead atoms. The van der Waals surface area contributed by atoms with Crippen molar-refractivity contribution in [3.05, 3.63) is 58.7 Å². The standard InChI is InChI=1S/C31H42O5S/c32-31(36-26-16-18-27(19-17-26)37(33,34)35)30-28(23-12-6-2-7-13-23)20-25(22-10-4-1-5-11-22)21-29(30)24-14-8-3-9-15-24/h16-24,31-32H,1-15H2,(H,33,34,35). The molecule has 3 aliphatic carbocycles. The minimum atomic E-state index is -4.28. The molecule has 37 heavy (non-hydrogen) atoms. The molecule has 6 heteroatoms. The second-order valence-corrected chi connectivity index (χ2v) is 13.0. The maximum Gasteiger partial charge on any atom is 0.294 e. The average molecular weight is 527 g/mol. The summed E-state index contributed by atoms with van der Waals surface area (Å²) in [6.07, 6.45) is 17.4. The molecule has 0 spiro atoms. The predicted octanol–water partition coefficient (Wildman–Crippen LogP) is 8.15.